The Morgan fingerprint density at radius 1 is 1.32 bits per heavy atom. The number of nitrogens with one attached hydrogen (secondary N) is 2. The minimum absolute atomic E-state index is 0.170. The smallest absolute Gasteiger partial charge is 0.332 e. The lowest BCUT2D eigenvalue weighted by molar-refractivity contribution is -0.904. The lowest BCUT2D eigenvalue weighted by atomic mass is 10.2. The molecule has 4 nitrogen and oxygen atoms in total. The molecule has 0 radical (unpaired) electrons. The molecule has 7 heteroatoms. The van der Waals surface area contributed by atoms with Crippen LogP contribution in [0.4, 0.5) is 23.7 Å². The van der Waals surface area contributed by atoms with Crippen LogP contribution in [0.25, 0.3) is 0 Å². The first kappa shape index (κ1) is 16.6. The van der Waals surface area contributed by atoms with Crippen LogP contribution in [0.5, 0.6) is 0 Å². The number of benzene rings is 1. The molecule has 0 bridgehead atoms. The summed E-state index contributed by atoms with van der Waals surface area (Å²) in [5.74, 6) is 0. The van der Waals surface area contributed by atoms with Gasteiger partial charge in [0.1, 0.15) is 0 Å². The van der Waals surface area contributed by atoms with Gasteiger partial charge < -0.3 is 15.1 Å². The Morgan fingerprint density at radius 2 is 2.00 bits per heavy atom. The van der Waals surface area contributed by atoms with E-state index in [9.17, 15) is 18.0 Å². The van der Waals surface area contributed by atoms with Gasteiger partial charge in [-0.15, -0.1) is 0 Å². The molecule has 1 aromatic rings. The van der Waals surface area contributed by atoms with Gasteiger partial charge in [0.25, 0.3) is 0 Å². The maximum absolute atomic E-state index is 12.6. The van der Waals surface area contributed by atoms with Crippen LogP contribution in [0.1, 0.15) is 18.9 Å². The average molecular weight is 316 g/mol. The summed E-state index contributed by atoms with van der Waals surface area (Å²) in [6.07, 6.45) is -3.30. The first-order valence-corrected chi connectivity index (χ1v) is 7.47. The Bertz CT molecular complexity index is 511. The molecular formula is C15H21F3N3O+. The van der Waals surface area contributed by atoms with Crippen LogP contribution in [-0.2, 0) is 6.18 Å². The number of carbonyl (C=O) groups is 1. The molecule has 0 aliphatic carbocycles. The number of quaternary nitrogens is 1. The second-order valence-corrected chi connectivity index (χ2v) is 5.50. The van der Waals surface area contributed by atoms with Gasteiger partial charge in [0, 0.05) is 5.69 Å². The van der Waals surface area contributed by atoms with E-state index in [2.05, 4.69) is 12.2 Å². The van der Waals surface area contributed by atoms with Crippen LogP contribution in [0.3, 0.4) is 0 Å². The number of rotatable bonds is 3. The minimum atomic E-state index is -4.41. The quantitative estimate of drug-likeness (QED) is 0.877. The second-order valence-electron chi connectivity index (χ2n) is 5.50. The first-order valence-electron chi connectivity index (χ1n) is 7.47. The van der Waals surface area contributed by atoms with Crippen LogP contribution in [-0.4, -0.2) is 43.7 Å². The lowest BCUT2D eigenvalue weighted by Gasteiger charge is -2.32. The van der Waals surface area contributed by atoms with Gasteiger partial charge in [-0.2, -0.15) is 13.2 Å². The topological polar surface area (TPSA) is 36.8 Å². The number of carbonyl (C=O) groups excluding carboxylic acids is 1. The second kappa shape index (κ2) is 7.00. The zero-order valence-electron chi connectivity index (χ0n) is 12.5. The van der Waals surface area contributed by atoms with E-state index in [0.717, 1.165) is 38.2 Å². The lowest BCUT2D eigenvalue weighted by Crippen LogP contribution is -3.14. The summed E-state index contributed by atoms with van der Waals surface area (Å²) in [5.41, 5.74) is -0.592. The molecule has 2 rings (SSSR count). The highest BCUT2D eigenvalue weighted by Crippen LogP contribution is 2.30. The van der Waals surface area contributed by atoms with Crippen LogP contribution in [0.15, 0.2) is 24.3 Å². The molecule has 1 aliphatic heterocycles. The number of hydrogen-bond donors (Lipinski definition) is 2. The average Bonchev–Trinajstić information content (AvgIpc) is 2.48. The Hall–Kier alpha value is -1.76. The molecule has 0 spiro atoms. The number of halogens is 3. The third-order valence-corrected chi connectivity index (χ3v) is 3.80. The fourth-order valence-corrected chi connectivity index (χ4v) is 2.61. The molecule has 1 aromatic carbocycles. The molecule has 22 heavy (non-hydrogen) atoms. The van der Waals surface area contributed by atoms with Gasteiger partial charge >= 0.3 is 12.2 Å². The molecule has 0 saturated carbocycles. The van der Waals surface area contributed by atoms with Crippen LogP contribution in [0, 0.1) is 0 Å². The van der Waals surface area contributed by atoms with Gasteiger partial charge in [-0.05, 0) is 24.6 Å². The zero-order valence-corrected chi connectivity index (χ0v) is 12.5. The standard InChI is InChI=1S/C15H20F3N3O/c1-2-6-20-7-9-21(10-8-20)14(22)19-13-5-3-4-12(11-13)15(16,17)18/h3-5,11H,2,6-10H2,1H3,(H,19,22)/p+1. The van der Waals surface area contributed by atoms with Gasteiger partial charge in [0.05, 0.1) is 38.3 Å². The number of nitrogens with zero attached hydrogens (tertiary/aromatic N) is 1. The summed E-state index contributed by atoms with van der Waals surface area (Å²) in [4.78, 5) is 15.2. The third kappa shape index (κ3) is 4.37. The molecule has 2 N–H and O–H groups in total. The van der Waals surface area contributed by atoms with Gasteiger partial charge in [-0.1, -0.05) is 13.0 Å². The van der Waals surface area contributed by atoms with E-state index in [-0.39, 0.29) is 11.7 Å². The summed E-state index contributed by atoms with van der Waals surface area (Å²) in [6, 6.07) is 4.36. The van der Waals surface area contributed by atoms with Crippen LogP contribution >= 0.6 is 0 Å². The maximum atomic E-state index is 12.6. The number of anilines is 1. The summed E-state index contributed by atoms with van der Waals surface area (Å²) in [6.45, 7) is 6.22. The van der Waals surface area contributed by atoms with E-state index < -0.39 is 11.7 Å². The molecule has 1 fully saturated rings. The van der Waals surface area contributed by atoms with Crippen molar-refractivity contribution in [3.8, 4) is 0 Å². The molecule has 1 saturated heterocycles. The maximum Gasteiger partial charge on any atom is 0.416 e. The summed E-state index contributed by atoms with van der Waals surface area (Å²) < 4.78 is 37.9. The highest BCUT2D eigenvalue weighted by Gasteiger charge is 2.30. The molecule has 122 valence electrons. The van der Waals surface area contributed by atoms with Crippen molar-refractivity contribution < 1.29 is 22.9 Å². The largest absolute Gasteiger partial charge is 0.416 e. The Labute approximate surface area is 127 Å². The summed E-state index contributed by atoms with van der Waals surface area (Å²) in [5, 5.41) is 2.55. The third-order valence-electron chi connectivity index (χ3n) is 3.80. The van der Waals surface area contributed by atoms with E-state index >= 15 is 0 Å². The minimum Gasteiger partial charge on any atom is -0.332 e. The van der Waals surface area contributed by atoms with Crippen molar-refractivity contribution in [3.05, 3.63) is 29.8 Å². The van der Waals surface area contributed by atoms with E-state index in [4.69, 9.17) is 0 Å². The van der Waals surface area contributed by atoms with Crippen LogP contribution in [0.2, 0.25) is 0 Å². The number of amides is 2. The summed E-state index contributed by atoms with van der Waals surface area (Å²) >= 11 is 0. The van der Waals surface area contributed by atoms with Crippen LogP contribution < -0.4 is 10.2 Å². The van der Waals surface area contributed by atoms with Crippen molar-refractivity contribution >= 4 is 11.7 Å². The monoisotopic (exact) mass is 316 g/mol. The Morgan fingerprint density at radius 3 is 2.59 bits per heavy atom. The fraction of sp³-hybridized carbons (Fsp3) is 0.533. The van der Waals surface area contributed by atoms with E-state index in [1.54, 1.807) is 4.90 Å². The predicted molar refractivity (Wildman–Crippen MR) is 77.9 cm³/mol. The zero-order chi connectivity index (χ0) is 16.2. The SMILES string of the molecule is CCC[NH+]1CCN(C(=O)Nc2cccc(C(F)(F)F)c2)CC1. The molecule has 1 heterocycles. The van der Waals surface area contributed by atoms with Crippen molar-refractivity contribution in [1.82, 2.24) is 4.90 Å². The normalized spacial score (nSPS) is 16.6. The van der Waals surface area contributed by atoms with Crippen molar-refractivity contribution in [2.24, 2.45) is 0 Å². The van der Waals surface area contributed by atoms with Crippen molar-refractivity contribution in [1.29, 1.82) is 0 Å². The fourth-order valence-electron chi connectivity index (χ4n) is 2.61. The molecule has 0 unspecified atom stereocenters. The Kier molecular flexibility index (Phi) is 5.28. The van der Waals surface area contributed by atoms with Crippen molar-refractivity contribution in [2.45, 2.75) is 19.5 Å². The van der Waals surface area contributed by atoms with E-state index in [1.165, 1.54) is 17.0 Å². The van der Waals surface area contributed by atoms with Gasteiger partial charge in [-0.25, -0.2) is 4.79 Å². The first-order chi connectivity index (χ1) is 10.4. The van der Waals surface area contributed by atoms with Crippen molar-refractivity contribution in [2.75, 3.05) is 38.0 Å². The molecule has 2 amide bonds. The van der Waals surface area contributed by atoms with Gasteiger partial charge in [0.15, 0.2) is 0 Å². The number of urea groups is 1. The number of alkyl halides is 3. The van der Waals surface area contributed by atoms with E-state index in [1.807, 2.05) is 0 Å². The molecule has 0 aromatic heterocycles. The predicted octanol–water partition coefficient (Wildman–Crippen LogP) is 1.85. The highest BCUT2D eigenvalue weighted by molar-refractivity contribution is 5.89. The summed E-state index contributed by atoms with van der Waals surface area (Å²) in [7, 11) is 0. The highest BCUT2D eigenvalue weighted by atomic mass is 19.4. The van der Waals surface area contributed by atoms with Gasteiger partial charge in [0.2, 0.25) is 0 Å². The Balaban J connectivity index is 1.93. The molecule has 1 aliphatic rings. The van der Waals surface area contributed by atoms with E-state index in [0.29, 0.717) is 13.1 Å². The van der Waals surface area contributed by atoms with Crippen molar-refractivity contribution in [3.63, 3.8) is 0 Å². The van der Waals surface area contributed by atoms with Gasteiger partial charge in [-0.3, -0.25) is 0 Å². The molecule has 0 atom stereocenters. The number of hydrogen-bond acceptors (Lipinski definition) is 1. The number of piperazine rings is 1. The molecular weight excluding hydrogens is 295 g/mol.